The van der Waals surface area contributed by atoms with E-state index in [1.54, 1.807) is 24.3 Å². The van der Waals surface area contributed by atoms with E-state index < -0.39 is 0 Å². The molecule has 21 heavy (non-hydrogen) atoms. The molecular formula is C15H10ClN3OS. The molecule has 0 spiro atoms. The van der Waals surface area contributed by atoms with E-state index in [0.717, 1.165) is 22.4 Å². The number of fused-ring (bicyclic) bond motifs is 1. The van der Waals surface area contributed by atoms with Gasteiger partial charge in [0.15, 0.2) is 0 Å². The zero-order valence-corrected chi connectivity index (χ0v) is 12.9. The molecule has 0 aliphatic heterocycles. The van der Waals surface area contributed by atoms with Gasteiger partial charge >= 0.3 is 0 Å². The molecule has 4 nitrogen and oxygen atoms in total. The number of halogens is 1. The first-order valence-electron chi connectivity index (χ1n) is 6.19. The molecule has 6 heteroatoms. The Bertz CT molecular complexity index is 863. The summed E-state index contributed by atoms with van der Waals surface area (Å²) in [5, 5.41) is 11.8. The predicted molar refractivity (Wildman–Crippen MR) is 81.6 cm³/mol. The van der Waals surface area contributed by atoms with Gasteiger partial charge in [0.05, 0.1) is 22.8 Å². The summed E-state index contributed by atoms with van der Waals surface area (Å²) < 4.78 is 5.53. The first-order valence-corrected chi connectivity index (χ1v) is 7.38. The van der Waals surface area contributed by atoms with Crippen molar-refractivity contribution in [1.82, 2.24) is 9.97 Å². The van der Waals surface area contributed by atoms with E-state index in [1.807, 2.05) is 13.8 Å². The number of aryl methyl sites for hydroxylation is 2. The first-order chi connectivity index (χ1) is 10.1. The summed E-state index contributed by atoms with van der Waals surface area (Å²) in [5.74, 6) is 0.783. The van der Waals surface area contributed by atoms with Gasteiger partial charge in [-0.2, -0.15) is 5.26 Å². The molecule has 2 heterocycles. The van der Waals surface area contributed by atoms with Gasteiger partial charge in [0, 0.05) is 10.4 Å². The second kappa shape index (κ2) is 5.40. The van der Waals surface area contributed by atoms with Crippen molar-refractivity contribution in [2.24, 2.45) is 0 Å². The number of hydrogen-bond acceptors (Lipinski definition) is 5. The Morgan fingerprint density at radius 2 is 2.05 bits per heavy atom. The minimum absolute atomic E-state index is 0.523. The molecule has 0 N–H and O–H groups in total. The summed E-state index contributed by atoms with van der Waals surface area (Å²) >= 11 is 7.27. The zero-order valence-electron chi connectivity index (χ0n) is 11.3. The maximum Gasteiger partial charge on any atom is 0.262 e. The van der Waals surface area contributed by atoms with Crippen molar-refractivity contribution in [3.63, 3.8) is 0 Å². The van der Waals surface area contributed by atoms with Crippen molar-refractivity contribution in [2.75, 3.05) is 0 Å². The van der Waals surface area contributed by atoms with Crippen molar-refractivity contribution in [3.05, 3.63) is 46.3 Å². The van der Waals surface area contributed by atoms with Gasteiger partial charge in [-0.15, -0.1) is 0 Å². The Hall–Kier alpha value is -2.03. The number of hydrogen-bond donors (Lipinski definition) is 0. The van der Waals surface area contributed by atoms with E-state index in [0.29, 0.717) is 20.8 Å². The molecule has 0 saturated carbocycles. The lowest BCUT2D eigenvalue weighted by Gasteiger charge is -2.03. The topological polar surface area (TPSA) is 62.7 Å². The summed E-state index contributed by atoms with van der Waals surface area (Å²) in [6, 6.07) is 9.20. The van der Waals surface area contributed by atoms with Crippen LogP contribution in [0.2, 0.25) is 5.02 Å². The van der Waals surface area contributed by atoms with E-state index in [2.05, 4.69) is 16.0 Å². The summed E-state index contributed by atoms with van der Waals surface area (Å²) in [6.45, 7) is 3.75. The van der Waals surface area contributed by atoms with Gasteiger partial charge in [-0.1, -0.05) is 11.6 Å². The fourth-order valence-corrected chi connectivity index (χ4v) is 2.92. The maximum atomic E-state index is 9.30. The Balaban J connectivity index is 2.07. The van der Waals surface area contributed by atoms with Gasteiger partial charge in [-0.3, -0.25) is 0 Å². The Labute approximate surface area is 130 Å². The zero-order chi connectivity index (χ0) is 15.0. The molecule has 0 fully saturated rings. The van der Waals surface area contributed by atoms with E-state index in [9.17, 15) is 5.26 Å². The third-order valence-electron chi connectivity index (χ3n) is 3.07. The molecule has 1 aromatic carbocycles. The molecule has 104 valence electrons. The van der Waals surface area contributed by atoms with Crippen LogP contribution < -0.4 is 0 Å². The van der Waals surface area contributed by atoms with E-state index in [1.165, 1.54) is 11.8 Å². The highest BCUT2D eigenvalue weighted by Gasteiger charge is 2.11. The lowest BCUT2D eigenvalue weighted by Crippen LogP contribution is -1.88. The lowest BCUT2D eigenvalue weighted by atomic mass is 10.1. The van der Waals surface area contributed by atoms with Crippen LogP contribution in [-0.2, 0) is 0 Å². The van der Waals surface area contributed by atoms with Crippen molar-refractivity contribution >= 4 is 34.3 Å². The molecule has 0 amide bonds. The average Bonchev–Trinajstić information content (AvgIpc) is 2.76. The van der Waals surface area contributed by atoms with E-state index in [-0.39, 0.29) is 0 Å². The molecule has 3 aromatic rings. The van der Waals surface area contributed by atoms with Gasteiger partial charge < -0.3 is 4.42 Å². The van der Waals surface area contributed by atoms with Crippen LogP contribution in [0.3, 0.4) is 0 Å². The fraction of sp³-hybridized carbons (Fsp3) is 0.133. The van der Waals surface area contributed by atoms with Gasteiger partial charge in [0.2, 0.25) is 0 Å². The Morgan fingerprint density at radius 3 is 2.71 bits per heavy atom. The maximum absolute atomic E-state index is 9.30. The SMILES string of the molecule is Cc1nc(Sc2cc(C#N)c3cc(Cl)ccc3n2)oc1C. The minimum Gasteiger partial charge on any atom is -0.436 e. The molecule has 3 rings (SSSR count). The molecule has 0 saturated heterocycles. The summed E-state index contributed by atoms with van der Waals surface area (Å²) in [7, 11) is 0. The normalized spacial score (nSPS) is 10.8. The van der Waals surface area contributed by atoms with Crippen LogP contribution in [0.5, 0.6) is 0 Å². The predicted octanol–water partition coefficient (Wildman–Crippen LogP) is 4.52. The van der Waals surface area contributed by atoms with Crippen LogP contribution in [0.25, 0.3) is 10.9 Å². The van der Waals surface area contributed by atoms with Crippen molar-refractivity contribution < 1.29 is 4.42 Å². The largest absolute Gasteiger partial charge is 0.436 e. The number of oxazole rings is 1. The fourth-order valence-electron chi connectivity index (χ4n) is 1.89. The molecule has 0 aliphatic rings. The molecule has 0 atom stereocenters. The van der Waals surface area contributed by atoms with E-state index in [4.69, 9.17) is 16.0 Å². The average molecular weight is 316 g/mol. The molecule has 2 aromatic heterocycles. The molecule has 0 radical (unpaired) electrons. The van der Waals surface area contributed by atoms with Crippen molar-refractivity contribution in [3.8, 4) is 6.07 Å². The minimum atomic E-state index is 0.523. The smallest absolute Gasteiger partial charge is 0.262 e. The van der Waals surface area contributed by atoms with Crippen molar-refractivity contribution in [2.45, 2.75) is 24.1 Å². The Morgan fingerprint density at radius 1 is 1.24 bits per heavy atom. The number of aromatic nitrogens is 2. The van der Waals surface area contributed by atoms with Gasteiger partial charge in [-0.05, 0) is 49.9 Å². The van der Waals surface area contributed by atoms with Crippen LogP contribution in [0, 0.1) is 25.2 Å². The quantitative estimate of drug-likeness (QED) is 0.696. The highest BCUT2D eigenvalue weighted by Crippen LogP contribution is 2.30. The molecular weight excluding hydrogens is 306 g/mol. The summed E-state index contributed by atoms with van der Waals surface area (Å²) in [4.78, 5) is 8.82. The van der Waals surface area contributed by atoms with E-state index >= 15 is 0 Å². The number of nitrogens with zero attached hydrogens (tertiary/aromatic N) is 3. The first kappa shape index (κ1) is 13.9. The monoisotopic (exact) mass is 315 g/mol. The number of pyridine rings is 1. The highest BCUT2D eigenvalue weighted by molar-refractivity contribution is 7.99. The van der Waals surface area contributed by atoms with Gasteiger partial charge in [0.1, 0.15) is 10.8 Å². The third-order valence-corrected chi connectivity index (χ3v) is 4.07. The number of nitriles is 1. The van der Waals surface area contributed by atoms with Crippen LogP contribution in [0.1, 0.15) is 17.0 Å². The van der Waals surface area contributed by atoms with Crippen LogP contribution in [-0.4, -0.2) is 9.97 Å². The Kier molecular flexibility index (Phi) is 3.58. The van der Waals surface area contributed by atoms with Crippen LogP contribution in [0.4, 0.5) is 0 Å². The second-order valence-corrected chi connectivity index (χ2v) is 5.91. The highest BCUT2D eigenvalue weighted by atomic mass is 35.5. The standard InChI is InChI=1S/C15H10ClN3OS/c1-8-9(2)20-15(18-8)21-14-5-10(7-17)12-6-11(16)3-4-13(12)19-14/h3-6H,1-2H3. The molecule has 0 unspecified atom stereocenters. The van der Waals surface area contributed by atoms with Gasteiger partial charge in [0.25, 0.3) is 5.22 Å². The van der Waals surface area contributed by atoms with Crippen LogP contribution in [0.15, 0.2) is 38.9 Å². The number of rotatable bonds is 2. The molecule has 0 bridgehead atoms. The second-order valence-electron chi connectivity index (χ2n) is 4.50. The van der Waals surface area contributed by atoms with Crippen LogP contribution >= 0.6 is 23.4 Å². The van der Waals surface area contributed by atoms with Gasteiger partial charge in [-0.25, -0.2) is 9.97 Å². The third kappa shape index (κ3) is 2.73. The van der Waals surface area contributed by atoms with Crippen molar-refractivity contribution in [1.29, 1.82) is 5.26 Å². The lowest BCUT2D eigenvalue weighted by molar-refractivity contribution is 0.431. The molecule has 0 aliphatic carbocycles. The summed E-state index contributed by atoms with van der Waals surface area (Å²) in [6.07, 6.45) is 0. The number of benzene rings is 1. The summed E-state index contributed by atoms with van der Waals surface area (Å²) in [5.41, 5.74) is 2.11.